The van der Waals surface area contributed by atoms with Crippen molar-refractivity contribution in [2.75, 3.05) is 17.6 Å². The minimum atomic E-state index is -3.84. The third-order valence-electron chi connectivity index (χ3n) is 2.61. The highest BCUT2D eigenvalue weighted by Crippen LogP contribution is 2.29. The largest absolute Gasteiger partial charge is 0.497 e. The molecule has 0 aliphatic rings. The van der Waals surface area contributed by atoms with Crippen LogP contribution in [0.15, 0.2) is 47.4 Å². The lowest BCUT2D eigenvalue weighted by Gasteiger charge is -2.11. The molecule has 5 nitrogen and oxygen atoms in total. The van der Waals surface area contributed by atoms with Crippen LogP contribution in [0.3, 0.4) is 0 Å². The molecule has 0 amide bonds. The van der Waals surface area contributed by atoms with E-state index >= 15 is 0 Å². The van der Waals surface area contributed by atoms with Crippen molar-refractivity contribution in [3.8, 4) is 5.75 Å². The zero-order valence-corrected chi connectivity index (χ0v) is 12.2. The van der Waals surface area contributed by atoms with Crippen LogP contribution in [0.4, 0.5) is 11.4 Å². The van der Waals surface area contributed by atoms with Gasteiger partial charge in [-0.1, -0.05) is 17.7 Å². The average molecular weight is 313 g/mol. The Morgan fingerprint density at radius 1 is 1.15 bits per heavy atom. The number of halogens is 1. The monoisotopic (exact) mass is 312 g/mol. The Morgan fingerprint density at radius 2 is 1.80 bits per heavy atom. The summed E-state index contributed by atoms with van der Waals surface area (Å²) in [6, 6.07) is 11.0. The highest BCUT2D eigenvalue weighted by molar-refractivity contribution is 7.93. The molecule has 0 saturated heterocycles. The van der Waals surface area contributed by atoms with Gasteiger partial charge in [0.2, 0.25) is 0 Å². The number of hydrogen-bond acceptors (Lipinski definition) is 4. The number of nitrogen functional groups attached to an aromatic ring is 1. The number of ether oxygens (including phenoxy) is 1. The second-order valence-corrected chi connectivity index (χ2v) is 6.02. The fraction of sp³-hybridized carbons (Fsp3) is 0.0769. The summed E-state index contributed by atoms with van der Waals surface area (Å²) in [6.07, 6.45) is 0. The molecule has 0 aliphatic carbocycles. The minimum absolute atomic E-state index is 0.0750. The molecule has 20 heavy (non-hydrogen) atoms. The van der Waals surface area contributed by atoms with Crippen molar-refractivity contribution in [2.45, 2.75) is 4.90 Å². The molecule has 0 aliphatic heterocycles. The van der Waals surface area contributed by atoms with Gasteiger partial charge < -0.3 is 10.5 Å². The average Bonchev–Trinajstić information content (AvgIpc) is 2.38. The number of hydrogen-bond donors (Lipinski definition) is 2. The molecule has 0 spiro atoms. The van der Waals surface area contributed by atoms with Gasteiger partial charge in [-0.05, 0) is 36.4 Å². The van der Waals surface area contributed by atoms with Gasteiger partial charge >= 0.3 is 0 Å². The van der Waals surface area contributed by atoms with Gasteiger partial charge in [0.05, 0.1) is 17.8 Å². The maximum absolute atomic E-state index is 12.3. The Hall–Kier alpha value is -1.92. The lowest BCUT2D eigenvalue weighted by atomic mass is 10.3. The fourth-order valence-electron chi connectivity index (χ4n) is 1.67. The first kappa shape index (κ1) is 14.5. The second-order valence-electron chi connectivity index (χ2n) is 3.99. The van der Waals surface area contributed by atoms with Crippen LogP contribution in [-0.4, -0.2) is 15.5 Å². The van der Waals surface area contributed by atoms with Crippen molar-refractivity contribution in [1.82, 2.24) is 0 Å². The molecule has 2 aromatic rings. The smallest absolute Gasteiger partial charge is 0.265 e. The van der Waals surface area contributed by atoms with E-state index in [0.29, 0.717) is 11.4 Å². The number of rotatable bonds is 4. The quantitative estimate of drug-likeness (QED) is 0.851. The zero-order valence-electron chi connectivity index (χ0n) is 10.6. The summed E-state index contributed by atoms with van der Waals surface area (Å²) < 4.78 is 32.0. The highest BCUT2D eigenvalue weighted by Gasteiger charge is 2.21. The third-order valence-corrected chi connectivity index (χ3v) is 4.53. The van der Waals surface area contributed by atoms with E-state index in [9.17, 15) is 8.42 Å². The predicted molar refractivity (Wildman–Crippen MR) is 79.7 cm³/mol. The van der Waals surface area contributed by atoms with Gasteiger partial charge in [0, 0.05) is 5.69 Å². The lowest BCUT2D eigenvalue weighted by molar-refractivity contribution is 0.415. The van der Waals surface area contributed by atoms with Gasteiger partial charge in [-0.15, -0.1) is 0 Å². The Morgan fingerprint density at radius 3 is 2.35 bits per heavy atom. The molecular weight excluding hydrogens is 300 g/mol. The van der Waals surface area contributed by atoms with Crippen molar-refractivity contribution in [3.05, 3.63) is 47.5 Å². The van der Waals surface area contributed by atoms with Crippen LogP contribution in [0.2, 0.25) is 5.02 Å². The van der Waals surface area contributed by atoms with E-state index in [4.69, 9.17) is 22.1 Å². The Balaban J connectivity index is 2.35. The molecule has 2 rings (SSSR count). The summed E-state index contributed by atoms with van der Waals surface area (Å²) >= 11 is 5.91. The molecule has 106 valence electrons. The summed E-state index contributed by atoms with van der Waals surface area (Å²) in [4.78, 5) is -0.127. The summed E-state index contributed by atoms with van der Waals surface area (Å²) in [5, 5.41) is 0.0750. The van der Waals surface area contributed by atoms with Gasteiger partial charge in [0.25, 0.3) is 10.0 Å². The van der Waals surface area contributed by atoms with Crippen molar-refractivity contribution in [3.63, 3.8) is 0 Å². The van der Waals surface area contributed by atoms with E-state index < -0.39 is 10.0 Å². The van der Waals surface area contributed by atoms with Crippen LogP contribution >= 0.6 is 11.6 Å². The fourth-order valence-corrected chi connectivity index (χ4v) is 3.41. The predicted octanol–water partition coefficient (Wildman–Crippen LogP) is 2.73. The highest BCUT2D eigenvalue weighted by atomic mass is 35.5. The van der Waals surface area contributed by atoms with Crippen molar-refractivity contribution < 1.29 is 13.2 Å². The van der Waals surface area contributed by atoms with Crippen molar-refractivity contribution in [1.29, 1.82) is 0 Å². The Bertz CT molecular complexity index is 695. The van der Waals surface area contributed by atoms with Crippen LogP contribution in [-0.2, 0) is 10.0 Å². The molecule has 2 aromatic carbocycles. The first-order valence-corrected chi connectivity index (χ1v) is 7.51. The number of anilines is 2. The molecule has 0 unspecified atom stereocenters. The number of sulfonamides is 1. The summed E-state index contributed by atoms with van der Waals surface area (Å²) in [6.45, 7) is 0. The number of methoxy groups -OCH3 is 1. The lowest BCUT2D eigenvalue weighted by Crippen LogP contribution is -2.15. The molecule has 0 fully saturated rings. The van der Waals surface area contributed by atoms with Crippen LogP contribution in [0, 0.1) is 0 Å². The Kier molecular flexibility index (Phi) is 4.06. The second kappa shape index (κ2) is 5.60. The zero-order chi connectivity index (χ0) is 14.8. The first-order valence-electron chi connectivity index (χ1n) is 5.65. The van der Waals surface area contributed by atoms with Gasteiger partial charge in [0.15, 0.2) is 0 Å². The third kappa shape index (κ3) is 2.97. The van der Waals surface area contributed by atoms with Gasteiger partial charge in [-0.3, -0.25) is 4.72 Å². The standard InChI is InChI=1S/C13H13ClN2O3S/c1-19-10-7-5-9(6-8-10)16-20(17,18)13-11(14)3-2-4-12(13)15/h2-8,16H,15H2,1H3. The first-order chi connectivity index (χ1) is 9.44. The van der Waals surface area contributed by atoms with E-state index in [1.807, 2.05) is 0 Å². The van der Waals surface area contributed by atoms with Gasteiger partial charge in [-0.25, -0.2) is 8.42 Å². The van der Waals surface area contributed by atoms with E-state index in [-0.39, 0.29) is 15.6 Å². The van der Waals surface area contributed by atoms with E-state index in [2.05, 4.69) is 4.72 Å². The van der Waals surface area contributed by atoms with E-state index in [1.165, 1.54) is 19.2 Å². The van der Waals surface area contributed by atoms with Crippen LogP contribution in [0.25, 0.3) is 0 Å². The van der Waals surface area contributed by atoms with Crippen molar-refractivity contribution >= 4 is 33.0 Å². The molecule has 0 bridgehead atoms. The molecular formula is C13H13ClN2O3S. The molecule has 0 atom stereocenters. The maximum atomic E-state index is 12.3. The number of nitrogens with two attached hydrogens (primary N) is 1. The molecule has 0 aromatic heterocycles. The van der Waals surface area contributed by atoms with E-state index in [1.54, 1.807) is 30.3 Å². The SMILES string of the molecule is COc1ccc(NS(=O)(=O)c2c(N)cccc2Cl)cc1. The topological polar surface area (TPSA) is 81.4 Å². The minimum Gasteiger partial charge on any atom is -0.497 e. The maximum Gasteiger partial charge on any atom is 0.265 e. The van der Waals surface area contributed by atoms with Gasteiger partial charge in [0.1, 0.15) is 10.6 Å². The molecule has 3 N–H and O–H groups in total. The number of benzene rings is 2. The summed E-state index contributed by atoms with van der Waals surface area (Å²) in [7, 11) is -2.31. The number of nitrogens with one attached hydrogen (secondary N) is 1. The summed E-state index contributed by atoms with van der Waals surface area (Å²) in [5.41, 5.74) is 6.17. The van der Waals surface area contributed by atoms with Crippen molar-refractivity contribution in [2.24, 2.45) is 0 Å². The molecule has 0 radical (unpaired) electrons. The van der Waals surface area contributed by atoms with Crippen LogP contribution in [0.5, 0.6) is 5.75 Å². The normalized spacial score (nSPS) is 11.1. The molecule has 7 heteroatoms. The van der Waals surface area contributed by atoms with Crippen LogP contribution < -0.4 is 15.2 Å². The van der Waals surface area contributed by atoms with Gasteiger partial charge in [-0.2, -0.15) is 0 Å². The summed E-state index contributed by atoms with van der Waals surface area (Å²) in [5.74, 6) is 0.630. The van der Waals surface area contributed by atoms with E-state index in [0.717, 1.165) is 0 Å². The molecule has 0 saturated carbocycles. The molecule has 0 heterocycles. The van der Waals surface area contributed by atoms with Crippen LogP contribution in [0.1, 0.15) is 0 Å². The Labute approximate surface area is 122 Å².